The minimum Gasteiger partial charge on any atom is -0.484 e. The van der Waals surface area contributed by atoms with Crippen molar-refractivity contribution in [3.63, 3.8) is 0 Å². The number of nitrogens with one attached hydrogen (secondary N) is 2. The number of piperidine rings is 1. The molecule has 1 aliphatic carbocycles. The molecule has 0 spiro atoms. The van der Waals surface area contributed by atoms with Crippen molar-refractivity contribution in [3.8, 4) is 17.4 Å². The third-order valence-electron chi connectivity index (χ3n) is 9.87. The van der Waals surface area contributed by atoms with Crippen LogP contribution in [0.2, 0.25) is 0 Å². The first kappa shape index (κ1) is 35.2. The van der Waals surface area contributed by atoms with Crippen LogP contribution in [-0.4, -0.2) is 80.1 Å². The molecule has 2 N–H and O–H groups in total. The molecule has 5 heterocycles. The summed E-state index contributed by atoms with van der Waals surface area (Å²) in [6.07, 6.45) is 6.82. The average molecular weight is 707 g/mol. The van der Waals surface area contributed by atoms with Gasteiger partial charge >= 0.3 is 6.03 Å². The second-order valence-electron chi connectivity index (χ2n) is 15.2. The van der Waals surface area contributed by atoms with Crippen LogP contribution in [0.5, 0.6) is 11.6 Å². The van der Waals surface area contributed by atoms with Crippen molar-refractivity contribution >= 4 is 23.4 Å². The van der Waals surface area contributed by atoms with Gasteiger partial charge in [-0.25, -0.2) is 4.79 Å². The van der Waals surface area contributed by atoms with Crippen LogP contribution in [0.15, 0.2) is 66.9 Å². The maximum absolute atomic E-state index is 13.7. The molecule has 0 radical (unpaired) electrons. The normalized spacial score (nSPS) is 19.1. The number of carbonyl (C=O) groups excluding carboxylic acids is 1. The zero-order valence-corrected chi connectivity index (χ0v) is 31.0. The molecule has 3 unspecified atom stereocenters. The van der Waals surface area contributed by atoms with Gasteiger partial charge in [-0.15, -0.1) is 10.2 Å². The highest BCUT2D eigenvalue weighted by Crippen LogP contribution is 2.39. The van der Waals surface area contributed by atoms with Crippen LogP contribution in [0, 0.1) is 0 Å². The molecule has 0 bridgehead atoms. The van der Waals surface area contributed by atoms with Crippen LogP contribution in [-0.2, 0) is 5.41 Å². The summed E-state index contributed by atoms with van der Waals surface area (Å²) in [5.41, 5.74) is 3.47. The number of anilines is 2. The van der Waals surface area contributed by atoms with E-state index in [2.05, 4.69) is 70.5 Å². The van der Waals surface area contributed by atoms with Crippen molar-refractivity contribution in [1.29, 1.82) is 0 Å². The zero-order chi connectivity index (χ0) is 36.4. The Balaban J connectivity index is 1.07. The molecule has 0 saturated carbocycles. The fourth-order valence-electron chi connectivity index (χ4n) is 6.96. The van der Waals surface area contributed by atoms with Crippen LogP contribution < -0.4 is 25.0 Å². The lowest BCUT2D eigenvalue weighted by Crippen LogP contribution is -2.38. The highest BCUT2D eigenvalue weighted by molar-refractivity contribution is 5.89. The lowest BCUT2D eigenvalue weighted by molar-refractivity contribution is 0.171. The number of urea groups is 1. The molecule has 7 rings (SSSR count). The van der Waals surface area contributed by atoms with Crippen LogP contribution in [0.1, 0.15) is 88.8 Å². The molecule has 1 aliphatic heterocycles. The van der Waals surface area contributed by atoms with Gasteiger partial charge in [0.15, 0.2) is 11.5 Å². The molecule has 1 aromatic carbocycles. The summed E-state index contributed by atoms with van der Waals surface area (Å²) in [6, 6.07) is 19.5. The Morgan fingerprint density at radius 2 is 1.81 bits per heavy atom. The van der Waals surface area contributed by atoms with E-state index in [-0.39, 0.29) is 23.6 Å². The topological polar surface area (TPSA) is 127 Å². The fourth-order valence-corrected chi connectivity index (χ4v) is 6.96. The minimum absolute atomic E-state index is 0.169. The molecule has 2 aliphatic rings. The summed E-state index contributed by atoms with van der Waals surface area (Å²) in [4.78, 5) is 22.8. The number of pyridine rings is 2. The highest BCUT2D eigenvalue weighted by atomic mass is 16.5. The number of nitrogens with zero attached hydrogens (tertiary/aromatic N) is 8. The Kier molecular flexibility index (Phi) is 10.0. The number of hydrogen-bond donors (Lipinski definition) is 2. The standard InChI is InChI=1S/C39H50N10O3/c1-26-12-9-10-21-47(26)38-44-43-34-20-17-27(25-48(34)38)52-31-19-18-30(28-13-7-8-14-29(28)31)40-37(50)42-35-24-32(39(2,3)4)45-49(35)33-15-11-16-36(41-33)51-23-22-46(5)6/h7-8,11,13-17,20,24-26,30-31H,9-10,12,18-19,21-23H2,1-6H3,(H2,40,42,50). The monoisotopic (exact) mass is 706 g/mol. The SMILES string of the molecule is CC1CCCCN1c1nnc2ccc(OC3CCC(NC(=O)Nc4cc(C(C)(C)C)nn4-c4cccc(OCCN(C)C)n4)c4ccccc43)cn12. The molecule has 1 fully saturated rings. The van der Waals surface area contributed by atoms with Crippen molar-refractivity contribution in [2.24, 2.45) is 0 Å². The molecule has 2 amide bonds. The molecule has 5 aromatic rings. The first-order chi connectivity index (χ1) is 25.0. The summed E-state index contributed by atoms with van der Waals surface area (Å²) in [5, 5.41) is 20.1. The van der Waals surface area contributed by atoms with Gasteiger partial charge in [-0.3, -0.25) is 9.72 Å². The molecule has 13 nitrogen and oxygen atoms in total. The van der Waals surface area contributed by atoms with Crippen LogP contribution >= 0.6 is 0 Å². The number of fused-ring (bicyclic) bond motifs is 2. The summed E-state index contributed by atoms with van der Waals surface area (Å²) in [6.45, 7) is 10.8. The van der Waals surface area contributed by atoms with E-state index >= 15 is 0 Å². The van der Waals surface area contributed by atoms with Crippen molar-refractivity contribution in [2.45, 2.75) is 83.4 Å². The molecule has 52 heavy (non-hydrogen) atoms. The maximum atomic E-state index is 13.7. The first-order valence-electron chi connectivity index (χ1n) is 18.3. The first-order valence-corrected chi connectivity index (χ1v) is 18.3. The van der Waals surface area contributed by atoms with Gasteiger partial charge in [0, 0.05) is 36.7 Å². The Hall–Kier alpha value is -5.17. The third kappa shape index (κ3) is 7.69. The number of rotatable bonds is 10. The van der Waals surface area contributed by atoms with Gasteiger partial charge in [-0.2, -0.15) is 14.8 Å². The summed E-state index contributed by atoms with van der Waals surface area (Å²) in [7, 11) is 4.00. The van der Waals surface area contributed by atoms with E-state index in [0.29, 0.717) is 36.6 Å². The van der Waals surface area contributed by atoms with E-state index in [0.717, 1.165) is 66.5 Å². The Labute approximate surface area is 305 Å². The van der Waals surface area contributed by atoms with Gasteiger partial charge in [0.1, 0.15) is 24.3 Å². The third-order valence-corrected chi connectivity index (χ3v) is 9.87. The second kappa shape index (κ2) is 14.8. The van der Waals surface area contributed by atoms with Crippen molar-refractivity contribution < 1.29 is 14.3 Å². The number of likely N-dealkylation sites (N-methyl/N-ethyl adjacent to an activating group) is 1. The average Bonchev–Trinajstić information content (AvgIpc) is 3.74. The number of amides is 2. The zero-order valence-electron chi connectivity index (χ0n) is 31.0. The van der Waals surface area contributed by atoms with Crippen molar-refractivity contribution in [3.05, 3.63) is 83.7 Å². The molecule has 13 heteroatoms. The van der Waals surface area contributed by atoms with E-state index in [4.69, 9.17) is 19.6 Å². The lowest BCUT2D eigenvalue weighted by atomic mass is 9.85. The van der Waals surface area contributed by atoms with E-state index in [1.165, 1.54) is 6.42 Å². The molecular weight excluding hydrogens is 656 g/mol. The largest absolute Gasteiger partial charge is 0.484 e. The van der Waals surface area contributed by atoms with E-state index in [1.807, 2.05) is 73.2 Å². The lowest BCUT2D eigenvalue weighted by Gasteiger charge is -2.33. The Morgan fingerprint density at radius 3 is 2.60 bits per heavy atom. The molecule has 4 aromatic heterocycles. The van der Waals surface area contributed by atoms with Crippen molar-refractivity contribution in [1.82, 2.24) is 39.6 Å². The highest BCUT2D eigenvalue weighted by Gasteiger charge is 2.31. The van der Waals surface area contributed by atoms with Gasteiger partial charge in [0.05, 0.1) is 17.9 Å². The van der Waals surface area contributed by atoms with Gasteiger partial charge in [0.2, 0.25) is 11.8 Å². The van der Waals surface area contributed by atoms with E-state index in [1.54, 1.807) is 4.68 Å². The van der Waals surface area contributed by atoms with Crippen LogP contribution in [0.4, 0.5) is 16.6 Å². The molecular formula is C39H50N10O3. The molecule has 1 saturated heterocycles. The summed E-state index contributed by atoms with van der Waals surface area (Å²) < 4.78 is 16.3. The van der Waals surface area contributed by atoms with Gasteiger partial charge in [-0.1, -0.05) is 51.1 Å². The summed E-state index contributed by atoms with van der Waals surface area (Å²) in [5.74, 6) is 3.19. The Morgan fingerprint density at radius 1 is 0.981 bits per heavy atom. The number of carbonyl (C=O) groups is 1. The quantitative estimate of drug-likeness (QED) is 0.163. The second-order valence-corrected chi connectivity index (χ2v) is 15.2. The van der Waals surface area contributed by atoms with E-state index in [9.17, 15) is 4.79 Å². The maximum Gasteiger partial charge on any atom is 0.320 e. The number of aromatic nitrogens is 6. The van der Waals surface area contributed by atoms with Crippen LogP contribution in [0.25, 0.3) is 11.5 Å². The summed E-state index contributed by atoms with van der Waals surface area (Å²) >= 11 is 0. The van der Waals surface area contributed by atoms with Crippen LogP contribution in [0.3, 0.4) is 0 Å². The predicted molar refractivity (Wildman–Crippen MR) is 202 cm³/mol. The van der Waals surface area contributed by atoms with Gasteiger partial charge in [-0.05, 0) is 82.4 Å². The Bertz CT molecular complexity index is 2010. The fraction of sp³-hybridized carbons (Fsp3) is 0.462. The molecule has 3 atom stereocenters. The molecule has 274 valence electrons. The number of ether oxygens (including phenoxy) is 2. The number of benzene rings is 1. The smallest absolute Gasteiger partial charge is 0.320 e. The van der Waals surface area contributed by atoms with Gasteiger partial charge < -0.3 is 24.6 Å². The van der Waals surface area contributed by atoms with E-state index < -0.39 is 0 Å². The number of hydrogen-bond acceptors (Lipinski definition) is 9. The van der Waals surface area contributed by atoms with Gasteiger partial charge in [0.25, 0.3) is 0 Å². The van der Waals surface area contributed by atoms with Crippen molar-refractivity contribution in [2.75, 3.05) is 44.0 Å². The predicted octanol–water partition coefficient (Wildman–Crippen LogP) is 6.70. The minimum atomic E-state index is -0.323.